The highest BCUT2D eigenvalue weighted by atomic mass is 79.9. The topological polar surface area (TPSA) is 9.23 Å². The highest BCUT2D eigenvalue weighted by Gasteiger charge is 2.07. The van der Waals surface area contributed by atoms with Crippen LogP contribution in [0, 0.1) is 6.92 Å². The van der Waals surface area contributed by atoms with Crippen LogP contribution in [0.5, 0.6) is 5.75 Å². The summed E-state index contributed by atoms with van der Waals surface area (Å²) < 4.78 is 5.90. The van der Waals surface area contributed by atoms with Gasteiger partial charge in [-0.25, -0.2) is 0 Å². The molecule has 0 heterocycles. The number of hydrogen-bond donors (Lipinski definition) is 0. The normalized spacial score (nSPS) is 12.5. The maximum Gasteiger partial charge on any atom is 0.123 e. The summed E-state index contributed by atoms with van der Waals surface area (Å²) in [6.07, 6.45) is 2.57. The van der Waals surface area contributed by atoms with E-state index in [2.05, 4.69) is 54.9 Å². The second kappa shape index (κ2) is 6.16. The fraction of sp³-hybridized carbons (Fsp3) is 0.538. The summed E-state index contributed by atoms with van der Waals surface area (Å²) in [4.78, 5) is 0. The van der Waals surface area contributed by atoms with Crippen LogP contribution in [0.25, 0.3) is 0 Å². The lowest BCUT2D eigenvalue weighted by Gasteiger charge is -2.16. The predicted molar refractivity (Wildman–Crippen MR) is 68.8 cm³/mol. The molecule has 0 aliphatic rings. The minimum Gasteiger partial charge on any atom is -0.490 e. The SMILES string of the molecule is CCCC(C)Oc1ccc(C)cc1CBr. The fourth-order valence-electron chi connectivity index (χ4n) is 1.61. The van der Waals surface area contributed by atoms with Gasteiger partial charge in [-0.2, -0.15) is 0 Å². The van der Waals surface area contributed by atoms with Crippen molar-refractivity contribution in [3.05, 3.63) is 29.3 Å². The minimum atomic E-state index is 0.301. The van der Waals surface area contributed by atoms with Gasteiger partial charge in [0.2, 0.25) is 0 Å². The molecular formula is C13H19BrO. The Morgan fingerprint density at radius 2 is 2.13 bits per heavy atom. The summed E-state index contributed by atoms with van der Waals surface area (Å²) in [7, 11) is 0. The van der Waals surface area contributed by atoms with E-state index in [9.17, 15) is 0 Å². The molecule has 0 bridgehead atoms. The van der Waals surface area contributed by atoms with Crippen LogP contribution in [0.15, 0.2) is 18.2 Å². The Hall–Kier alpha value is -0.500. The van der Waals surface area contributed by atoms with Crippen molar-refractivity contribution in [1.29, 1.82) is 0 Å². The molecule has 0 aromatic heterocycles. The van der Waals surface area contributed by atoms with Crippen molar-refractivity contribution in [2.45, 2.75) is 45.0 Å². The number of aryl methyl sites for hydroxylation is 1. The molecule has 0 radical (unpaired) electrons. The van der Waals surface area contributed by atoms with Crippen LogP contribution in [0.1, 0.15) is 37.8 Å². The van der Waals surface area contributed by atoms with Crippen molar-refractivity contribution >= 4 is 15.9 Å². The molecule has 0 aliphatic carbocycles. The van der Waals surface area contributed by atoms with Gasteiger partial charge in [-0.05, 0) is 26.3 Å². The van der Waals surface area contributed by atoms with Crippen LogP contribution in [0.4, 0.5) is 0 Å². The lowest BCUT2D eigenvalue weighted by atomic mass is 10.1. The fourth-order valence-corrected chi connectivity index (χ4v) is 2.05. The average molecular weight is 271 g/mol. The van der Waals surface area contributed by atoms with Gasteiger partial charge in [0.25, 0.3) is 0 Å². The van der Waals surface area contributed by atoms with E-state index in [0.29, 0.717) is 6.10 Å². The molecular weight excluding hydrogens is 252 g/mol. The van der Waals surface area contributed by atoms with Crippen LogP contribution in [0.3, 0.4) is 0 Å². The van der Waals surface area contributed by atoms with Gasteiger partial charge in [0.15, 0.2) is 0 Å². The molecule has 1 aromatic rings. The van der Waals surface area contributed by atoms with Gasteiger partial charge < -0.3 is 4.74 Å². The Balaban J connectivity index is 2.75. The van der Waals surface area contributed by atoms with E-state index in [1.165, 1.54) is 11.1 Å². The summed E-state index contributed by atoms with van der Waals surface area (Å²) >= 11 is 3.49. The molecule has 1 aromatic carbocycles. The smallest absolute Gasteiger partial charge is 0.123 e. The summed E-state index contributed by atoms with van der Waals surface area (Å²) in [6.45, 7) is 6.41. The van der Waals surface area contributed by atoms with E-state index < -0.39 is 0 Å². The standard InChI is InChI=1S/C13H19BrO/c1-4-5-11(3)15-13-7-6-10(2)8-12(13)9-14/h6-8,11H,4-5,9H2,1-3H3. The molecule has 1 rings (SSSR count). The first-order valence-corrected chi connectivity index (χ1v) is 6.61. The first-order chi connectivity index (χ1) is 7.17. The average Bonchev–Trinajstić information content (AvgIpc) is 2.21. The molecule has 0 fully saturated rings. The molecule has 0 saturated heterocycles. The van der Waals surface area contributed by atoms with Gasteiger partial charge >= 0.3 is 0 Å². The number of rotatable bonds is 5. The third kappa shape index (κ3) is 3.86. The summed E-state index contributed by atoms with van der Waals surface area (Å²) in [5, 5.41) is 0.850. The van der Waals surface area contributed by atoms with Crippen molar-refractivity contribution < 1.29 is 4.74 Å². The first kappa shape index (κ1) is 12.6. The van der Waals surface area contributed by atoms with E-state index in [0.717, 1.165) is 23.9 Å². The van der Waals surface area contributed by atoms with Gasteiger partial charge in [0, 0.05) is 10.9 Å². The lowest BCUT2D eigenvalue weighted by Crippen LogP contribution is -2.12. The van der Waals surface area contributed by atoms with Crippen molar-refractivity contribution in [3.63, 3.8) is 0 Å². The molecule has 1 unspecified atom stereocenters. The Morgan fingerprint density at radius 3 is 2.73 bits per heavy atom. The molecule has 15 heavy (non-hydrogen) atoms. The van der Waals surface area contributed by atoms with Crippen molar-refractivity contribution in [2.75, 3.05) is 0 Å². The second-order valence-electron chi connectivity index (χ2n) is 3.96. The van der Waals surface area contributed by atoms with Crippen LogP contribution in [-0.4, -0.2) is 6.10 Å². The van der Waals surface area contributed by atoms with E-state index in [1.54, 1.807) is 0 Å². The molecule has 1 atom stereocenters. The molecule has 84 valence electrons. The molecule has 0 saturated carbocycles. The number of benzene rings is 1. The zero-order valence-corrected chi connectivity index (χ0v) is 11.3. The van der Waals surface area contributed by atoms with Gasteiger partial charge in [-0.15, -0.1) is 0 Å². The third-order valence-corrected chi connectivity index (χ3v) is 2.99. The summed E-state index contributed by atoms with van der Waals surface area (Å²) in [5.41, 5.74) is 2.51. The number of halogens is 1. The highest BCUT2D eigenvalue weighted by Crippen LogP contribution is 2.24. The highest BCUT2D eigenvalue weighted by molar-refractivity contribution is 9.08. The van der Waals surface area contributed by atoms with Gasteiger partial charge in [0.05, 0.1) is 6.10 Å². The molecule has 2 heteroatoms. The molecule has 1 nitrogen and oxygen atoms in total. The van der Waals surface area contributed by atoms with Gasteiger partial charge in [-0.1, -0.05) is 47.0 Å². The molecule has 0 spiro atoms. The van der Waals surface area contributed by atoms with Crippen LogP contribution >= 0.6 is 15.9 Å². The molecule has 0 N–H and O–H groups in total. The third-order valence-electron chi connectivity index (χ3n) is 2.38. The van der Waals surface area contributed by atoms with E-state index >= 15 is 0 Å². The zero-order valence-electron chi connectivity index (χ0n) is 9.72. The van der Waals surface area contributed by atoms with Crippen molar-refractivity contribution in [2.24, 2.45) is 0 Å². The van der Waals surface area contributed by atoms with Gasteiger partial charge in [-0.3, -0.25) is 0 Å². The Kier molecular flexibility index (Phi) is 5.16. The largest absolute Gasteiger partial charge is 0.490 e. The monoisotopic (exact) mass is 270 g/mol. The summed E-state index contributed by atoms with van der Waals surface area (Å²) in [5.74, 6) is 1.01. The Labute approximate surface area is 101 Å². The number of ether oxygens (including phenoxy) is 1. The summed E-state index contributed by atoms with van der Waals surface area (Å²) in [6, 6.07) is 6.33. The maximum atomic E-state index is 5.90. The van der Waals surface area contributed by atoms with Crippen molar-refractivity contribution in [3.8, 4) is 5.75 Å². The number of alkyl halides is 1. The molecule has 0 amide bonds. The Bertz CT molecular complexity index is 309. The zero-order chi connectivity index (χ0) is 11.3. The first-order valence-electron chi connectivity index (χ1n) is 5.49. The van der Waals surface area contributed by atoms with Crippen LogP contribution in [0.2, 0.25) is 0 Å². The Morgan fingerprint density at radius 1 is 1.40 bits per heavy atom. The van der Waals surface area contributed by atoms with Crippen LogP contribution < -0.4 is 4.74 Å². The van der Waals surface area contributed by atoms with Crippen molar-refractivity contribution in [1.82, 2.24) is 0 Å². The maximum absolute atomic E-state index is 5.90. The molecule has 0 aliphatic heterocycles. The van der Waals surface area contributed by atoms with E-state index in [-0.39, 0.29) is 0 Å². The lowest BCUT2D eigenvalue weighted by molar-refractivity contribution is 0.208. The predicted octanol–water partition coefficient (Wildman–Crippen LogP) is 4.46. The number of hydrogen-bond acceptors (Lipinski definition) is 1. The van der Waals surface area contributed by atoms with E-state index in [4.69, 9.17) is 4.74 Å². The quantitative estimate of drug-likeness (QED) is 0.718. The second-order valence-corrected chi connectivity index (χ2v) is 4.52. The van der Waals surface area contributed by atoms with Crippen LogP contribution in [-0.2, 0) is 5.33 Å². The van der Waals surface area contributed by atoms with E-state index in [1.807, 2.05) is 0 Å². The minimum absolute atomic E-state index is 0.301. The van der Waals surface area contributed by atoms with Gasteiger partial charge in [0.1, 0.15) is 5.75 Å².